The van der Waals surface area contributed by atoms with Crippen molar-refractivity contribution in [1.82, 2.24) is 19.3 Å². The Hall–Kier alpha value is -1.50. The van der Waals surface area contributed by atoms with Gasteiger partial charge in [-0.3, -0.25) is 4.57 Å². The highest BCUT2D eigenvalue weighted by molar-refractivity contribution is 8.32. The van der Waals surface area contributed by atoms with Crippen LogP contribution in [0.25, 0.3) is 16.7 Å². The van der Waals surface area contributed by atoms with Gasteiger partial charge >= 0.3 is 0 Å². The summed E-state index contributed by atoms with van der Waals surface area (Å²) in [6, 6.07) is 5.85. The number of hydrogen-bond acceptors (Lipinski definition) is 3. The molecule has 0 bridgehead atoms. The molecule has 0 N–H and O–H groups in total. The molecule has 0 aliphatic heterocycles. The Morgan fingerprint density at radius 1 is 1.17 bits per heavy atom. The number of rotatable bonds is 6. The number of hydrogen-bond donors (Lipinski definition) is 0. The quantitative estimate of drug-likeness (QED) is 0.503. The molecule has 7 heteroatoms. The minimum Gasteiger partial charge on any atom is -0.358 e. The molecular formula is C16H21ClN4OS. The van der Waals surface area contributed by atoms with Crippen molar-refractivity contribution < 1.29 is 4.74 Å². The minimum absolute atomic E-state index is 0.469. The summed E-state index contributed by atoms with van der Waals surface area (Å²) < 4.78 is 9.52. The zero-order valence-corrected chi connectivity index (χ0v) is 15.1. The lowest BCUT2D eigenvalue weighted by Crippen LogP contribution is -2.10. The van der Waals surface area contributed by atoms with Crippen LogP contribution in [0.5, 0.6) is 0 Å². The molecule has 0 aromatic carbocycles. The number of ether oxygens (including phenoxy) is 1. The maximum atomic E-state index is 6.12. The number of nitrogens with zero attached hydrogens (tertiary/aromatic N) is 4. The van der Waals surface area contributed by atoms with Crippen molar-refractivity contribution in [2.45, 2.75) is 6.73 Å². The number of aromatic nitrogens is 4. The molecule has 3 rings (SSSR count). The van der Waals surface area contributed by atoms with E-state index in [1.165, 1.54) is 0 Å². The first-order chi connectivity index (χ1) is 10.9. The number of pyridine rings is 1. The fourth-order valence-corrected chi connectivity index (χ4v) is 3.08. The van der Waals surface area contributed by atoms with Gasteiger partial charge in [-0.2, -0.15) is 5.10 Å². The molecule has 124 valence electrons. The second-order valence-electron chi connectivity index (χ2n) is 6.27. The molecule has 0 aliphatic carbocycles. The van der Waals surface area contributed by atoms with Crippen LogP contribution in [0.2, 0.25) is 5.15 Å². The topological polar surface area (TPSA) is 44.9 Å². The van der Waals surface area contributed by atoms with Crippen molar-refractivity contribution in [3.05, 3.63) is 41.9 Å². The maximum Gasteiger partial charge on any atom is 0.159 e. The third-order valence-corrected chi connectivity index (χ3v) is 5.20. The second-order valence-corrected chi connectivity index (χ2v) is 11.2. The van der Waals surface area contributed by atoms with Crippen LogP contribution < -0.4 is 0 Å². The molecule has 0 fully saturated rings. The van der Waals surface area contributed by atoms with Crippen molar-refractivity contribution in [3.63, 3.8) is 0 Å². The normalized spacial score (nSPS) is 12.9. The highest BCUT2D eigenvalue weighted by atomic mass is 35.5. The molecule has 0 saturated carbocycles. The van der Waals surface area contributed by atoms with E-state index in [4.69, 9.17) is 16.3 Å². The summed E-state index contributed by atoms with van der Waals surface area (Å²) in [6.45, 7) is 1.23. The summed E-state index contributed by atoms with van der Waals surface area (Å²) >= 11 is 6.12. The molecule has 0 atom stereocenters. The van der Waals surface area contributed by atoms with Crippen molar-refractivity contribution in [2.75, 3.05) is 31.1 Å². The molecule has 0 saturated heterocycles. The molecular weight excluding hydrogens is 332 g/mol. The third kappa shape index (κ3) is 3.88. The van der Waals surface area contributed by atoms with E-state index in [2.05, 4.69) is 28.8 Å². The average Bonchev–Trinajstić information content (AvgIpc) is 3.09. The van der Waals surface area contributed by atoms with E-state index < -0.39 is 10.0 Å². The van der Waals surface area contributed by atoms with Gasteiger partial charge in [0.1, 0.15) is 11.9 Å². The van der Waals surface area contributed by atoms with Gasteiger partial charge in [0.15, 0.2) is 5.82 Å². The van der Waals surface area contributed by atoms with Crippen LogP contribution in [0.3, 0.4) is 0 Å². The lowest BCUT2D eigenvalue weighted by Gasteiger charge is -2.24. The van der Waals surface area contributed by atoms with Crippen molar-refractivity contribution >= 4 is 32.5 Å². The standard InChI is InChI=1S/C16H21ClN4OS/c1-23(2,3)11-10-22-12-20-8-6-15(19-20)21-9-5-13-14(21)4-7-18-16(13)17/h4-9H,10-12H2,1-3H3. The average molecular weight is 353 g/mol. The minimum atomic E-state index is -0.514. The Morgan fingerprint density at radius 3 is 2.78 bits per heavy atom. The highest BCUT2D eigenvalue weighted by Crippen LogP contribution is 2.33. The maximum absolute atomic E-state index is 6.12. The van der Waals surface area contributed by atoms with Crippen molar-refractivity contribution in [3.8, 4) is 5.82 Å². The van der Waals surface area contributed by atoms with Gasteiger partial charge in [-0.05, 0) is 30.9 Å². The van der Waals surface area contributed by atoms with Gasteiger partial charge in [0.2, 0.25) is 0 Å². The van der Waals surface area contributed by atoms with Crippen LogP contribution >= 0.6 is 21.6 Å². The Kier molecular flexibility index (Phi) is 4.66. The third-order valence-electron chi connectivity index (χ3n) is 3.51. The number of halogens is 1. The first kappa shape index (κ1) is 16.4. The van der Waals surface area contributed by atoms with Gasteiger partial charge in [-0.1, -0.05) is 11.6 Å². The summed E-state index contributed by atoms with van der Waals surface area (Å²) in [5.74, 6) is 1.95. The van der Waals surface area contributed by atoms with E-state index >= 15 is 0 Å². The number of fused-ring (bicyclic) bond motifs is 1. The summed E-state index contributed by atoms with van der Waals surface area (Å²) in [6.07, 6.45) is 12.5. The molecule has 0 amide bonds. The molecule has 0 spiro atoms. The van der Waals surface area contributed by atoms with Gasteiger partial charge < -0.3 is 4.74 Å². The van der Waals surface area contributed by atoms with E-state index in [0.717, 1.165) is 29.1 Å². The van der Waals surface area contributed by atoms with Gasteiger partial charge in [0.25, 0.3) is 0 Å². The molecule has 0 aliphatic rings. The predicted octanol–water partition coefficient (Wildman–Crippen LogP) is 3.54. The van der Waals surface area contributed by atoms with E-state index in [-0.39, 0.29) is 0 Å². The lowest BCUT2D eigenvalue weighted by atomic mass is 10.3. The highest BCUT2D eigenvalue weighted by Gasteiger charge is 2.09. The van der Waals surface area contributed by atoms with Gasteiger partial charge in [0.05, 0.1) is 12.1 Å². The summed E-state index contributed by atoms with van der Waals surface area (Å²) in [5, 5.41) is 6.00. The fourth-order valence-electron chi connectivity index (χ4n) is 2.25. The van der Waals surface area contributed by atoms with Gasteiger partial charge in [-0.15, -0.1) is 0 Å². The molecule has 5 nitrogen and oxygen atoms in total. The second kappa shape index (κ2) is 6.55. The van der Waals surface area contributed by atoms with E-state index in [9.17, 15) is 0 Å². The van der Waals surface area contributed by atoms with E-state index in [1.807, 2.05) is 39.8 Å². The van der Waals surface area contributed by atoms with E-state index in [0.29, 0.717) is 11.9 Å². The molecule has 0 radical (unpaired) electrons. The SMILES string of the molecule is CS(C)(C)CCOCn1ccc(-n2ccc3c(Cl)nccc32)n1. The van der Waals surface area contributed by atoms with Crippen LogP contribution in [-0.4, -0.2) is 50.5 Å². The van der Waals surface area contributed by atoms with Crippen LogP contribution in [0.15, 0.2) is 36.8 Å². The summed E-state index contributed by atoms with van der Waals surface area (Å²) in [4.78, 5) is 4.10. The van der Waals surface area contributed by atoms with Crippen LogP contribution in [-0.2, 0) is 11.5 Å². The zero-order chi connectivity index (χ0) is 16.4. The molecule has 3 aromatic rings. The molecule has 3 heterocycles. The predicted molar refractivity (Wildman–Crippen MR) is 98.0 cm³/mol. The van der Waals surface area contributed by atoms with Crippen LogP contribution in [0, 0.1) is 0 Å². The summed E-state index contributed by atoms with van der Waals surface area (Å²) in [5.41, 5.74) is 0.993. The fraction of sp³-hybridized carbons (Fsp3) is 0.375. The molecule has 3 aromatic heterocycles. The molecule has 23 heavy (non-hydrogen) atoms. The first-order valence-electron chi connectivity index (χ1n) is 7.33. The first-order valence-corrected chi connectivity index (χ1v) is 10.7. The van der Waals surface area contributed by atoms with Crippen molar-refractivity contribution in [2.24, 2.45) is 0 Å². The Labute approximate surface area is 142 Å². The Bertz CT molecular complexity index is 806. The van der Waals surface area contributed by atoms with Crippen LogP contribution in [0.1, 0.15) is 0 Å². The Morgan fingerprint density at radius 2 is 2.00 bits per heavy atom. The van der Waals surface area contributed by atoms with Gasteiger partial charge in [-0.25, -0.2) is 19.7 Å². The van der Waals surface area contributed by atoms with Crippen molar-refractivity contribution in [1.29, 1.82) is 0 Å². The van der Waals surface area contributed by atoms with E-state index in [1.54, 1.807) is 6.20 Å². The molecule has 0 unspecified atom stereocenters. The lowest BCUT2D eigenvalue weighted by molar-refractivity contribution is 0.0809. The largest absolute Gasteiger partial charge is 0.358 e. The monoisotopic (exact) mass is 352 g/mol. The van der Waals surface area contributed by atoms with Crippen LogP contribution in [0.4, 0.5) is 0 Å². The summed E-state index contributed by atoms with van der Waals surface area (Å²) in [7, 11) is -0.514. The zero-order valence-electron chi connectivity index (χ0n) is 13.6. The van der Waals surface area contributed by atoms with Gasteiger partial charge in [0, 0.05) is 35.8 Å². The Balaban J connectivity index is 1.70. The smallest absolute Gasteiger partial charge is 0.159 e.